The fourth-order valence-corrected chi connectivity index (χ4v) is 1.65. The van der Waals surface area contributed by atoms with Crippen LogP contribution in [-0.2, 0) is 13.0 Å². The van der Waals surface area contributed by atoms with Crippen LogP contribution in [0.15, 0.2) is 42.9 Å². The Morgan fingerprint density at radius 3 is 2.63 bits per heavy atom. The van der Waals surface area contributed by atoms with E-state index >= 15 is 0 Å². The molecule has 0 radical (unpaired) electrons. The molecule has 0 fully saturated rings. The van der Waals surface area contributed by atoms with Gasteiger partial charge in [-0.25, -0.2) is 4.79 Å². The third-order valence-electron chi connectivity index (χ3n) is 2.72. The van der Waals surface area contributed by atoms with E-state index in [0.717, 1.165) is 18.7 Å². The molecule has 0 spiro atoms. The van der Waals surface area contributed by atoms with Crippen molar-refractivity contribution in [2.45, 2.75) is 13.0 Å². The molecule has 5 nitrogen and oxygen atoms in total. The van der Waals surface area contributed by atoms with Gasteiger partial charge in [0.15, 0.2) is 0 Å². The van der Waals surface area contributed by atoms with E-state index in [1.165, 1.54) is 11.8 Å². The molecule has 0 amide bonds. The molecule has 2 N–H and O–H groups in total. The van der Waals surface area contributed by atoms with Gasteiger partial charge >= 0.3 is 5.97 Å². The Kier molecular flexibility index (Phi) is 4.58. The van der Waals surface area contributed by atoms with E-state index < -0.39 is 5.97 Å². The number of pyridine rings is 2. The molecule has 0 unspecified atom stereocenters. The van der Waals surface area contributed by atoms with Crippen molar-refractivity contribution in [1.82, 2.24) is 15.3 Å². The molecule has 0 aliphatic heterocycles. The molecule has 0 saturated carbocycles. The Bertz CT molecular complexity index is 526. The van der Waals surface area contributed by atoms with Crippen molar-refractivity contribution in [3.63, 3.8) is 0 Å². The number of carboxylic acid groups (broad SMARTS) is 1. The van der Waals surface area contributed by atoms with Gasteiger partial charge in [0.2, 0.25) is 0 Å². The molecule has 5 heteroatoms. The number of aromatic carboxylic acids is 1. The summed E-state index contributed by atoms with van der Waals surface area (Å²) in [6.07, 6.45) is 5.86. The fraction of sp³-hybridized carbons (Fsp3) is 0.214. The second kappa shape index (κ2) is 6.61. The van der Waals surface area contributed by atoms with Crippen LogP contribution in [0.4, 0.5) is 0 Å². The second-order valence-electron chi connectivity index (χ2n) is 4.13. The Morgan fingerprint density at radius 2 is 2.00 bits per heavy atom. The number of carbonyl (C=O) groups is 1. The average Bonchev–Trinajstić information content (AvgIpc) is 2.45. The number of hydrogen-bond acceptors (Lipinski definition) is 4. The van der Waals surface area contributed by atoms with E-state index in [0.29, 0.717) is 6.54 Å². The van der Waals surface area contributed by atoms with Crippen molar-refractivity contribution < 1.29 is 9.90 Å². The van der Waals surface area contributed by atoms with Crippen LogP contribution in [0.2, 0.25) is 0 Å². The first-order valence-corrected chi connectivity index (χ1v) is 6.03. The highest BCUT2D eigenvalue weighted by atomic mass is 16.4. The zero-order chi connectivity index (χ0) is 13.5. The standard InChI is InChI=1S/C14H15N3O2/c18-14(19)12-1-2-13(17-9-12)10-16-8-5-11-3-6-15-7-4-11/h1-4,6-7,9,16H,5,8,10H2,(H,18,19). The van der Waals surface area contributed by atoms with Crippen LogP contribution in [0.3, 0.4) is 0 Å². The fourth-order valence-electron chi connectivity index (χ4n) is 1.65. The van der Waals surface area contributed by atoms with Gasteiger partial charge in [-0.1, -0.05) is 0 Å². The molecule has 0 aliphatic rings. The summed E-state index contributed by atoms with van der Waals surface area (Å²) >= 11 is 0. The van der Waals surface area contributed by atoms with E-state index in [1.54, 1.807) is 24.5 Å². The van der Waals surface area contributed by atoms with Crippen molar-refractivity contribution in [1.29, 1.82) is 0 Å². The zero-order valence-electron chi connectivity index (χ0n) is 10.4. The third-order valence-corrected chi connectivity index (χ3v) is 2.72. The maximum atomic E-state index is 10.7. The average molecular weight is 257 g/mol. The van der Waals surface area contributed by atoms with Gasteiger partial charge in [-0.2, -0.15) is 0 Å². The first kappa shape index (κ1) is 13.2. The van der Waals surface area contributed by atoms with Gasteiger partial charge in [-0.05, 0) is 42.8 Å². The minimum absolute atomic E-state index is 0.209. The van der Waals surface area contributed by atoms with Crippen LogP contribution in [0.5, 0.6) is 0 Å². The molecule has 98 valence electrons. The molecule has 0 atom stereocenters. The maximum absolute atomic E-state index is 10.7. The molecule has 2 rings (SSSR count). The highest BCUT2D eigenvalue weighted by Gasteiger charge is 2.02. The Hall–Kier alpha value is -2.27. The number of aromatic nitrogens is 2. The normalized spacial score (nSPS) is 10.3. The summed E-state index contributed by atoms with van der Waals surface area (Å²) in [5, 5.41) is 12.0. The van der Waals surface area contributed by atoms with Crippen molar-refractivity contribution >= 4 is 5.97 Å². The lowest BCUT2D eigenvalue weighted by atomic mass is 10.2. The lowest BCUT2D eigenvalue weighted by Gasteiger charge is -2.04. The lowest BCUT2D eigenvalue weighted by Crippen LogP contribution is -2.17. The molecule has 0 bridgehead atoms. The summed E-state index contributed by atoms with van der Waals surface area (Å²) in [4.78, 5) is 18.7. The molecule has 2 heterocycles. The Morgan fingerprint density at radius 1 is 1.21 bits per heavy atom. The van der Waals surface area contributed by atoms with E-state index in [1.807, 2.05) is 12.1 Å². The van der Waals surface area contributed by atoms with E-state index in [9.17, 15) is 4.79 Å². The summed E-state index contributed by atoms with van der Waals surface area (Å²) in [5.41, 5.74) is 2.27. The first-order valence-electron chi connectivity index (χ1n) is 6.03. The second-order valence-corrected chi connectivity index (χ2v) is 4.13. The first-order chi connectivity index (χ1) is 9.25. The van der Waals surface area contributed by atoms with Gasteiger partial charge < -0.3 is 10.4 Å². The van der Waals surface area contributed by atoms with E-state index in [4.69, 9.17) is 5.11 Å². The minimum Gasteiger partial charge on any atom is -0.478 e. The van der Waals surface area contributed by atoms with Gasteiger partial charge in [0, 0.05) is 25.1 Å². The van der Waals surface area contributed by atoms with E-state index in [2.05, 4.69) is 15.3 Å². The van der Waals surface area contributed by atoms with Crippen LogP contribution < -0.4 is 5.32 Å². The van der Waals surface area contributed by atoms with Crippen LogP contribution in [0.25, 0.3) is 0 Å². The monoisotopic (exact) mass is 257 g/mol. The van der Waals surface area contributed by atoms with Crippen molar-refractivity contribution in [2.75, 3.05) is 6.54 Å². The predicted molar refractivity (Wildman–Crippen MR) is 70.8 cm³/mol. The van der Waals surface area contributed by atoms with Crippen LogP contribution >= 0.6 is 0 Å². The molecular weight excluding hydrogens is 242 g/mol. The summed E-state index contributed by atoms with van der Waals surface area (Å²) in [6.45, 7) is 1.47. The van der Waals surface area contributed by atoms with E-state index in [-0.39, 0.29) is 5.56 Å². The summed E-state index contributed by atoms with van der Waals surface area (Å²) in [7, 11) is 0. The molecule has 19 heavy (non-hydrogen) atoms. The molecule has 2 aromatic heterocycles. The van der Waals surface area contributed by atoms with Gasteiger partial charge in [-0.15, -0.1) is 0 Å². The number of rotatable bonds is 6. The van der Waals surface area contributed by atoms with Crippen molar-refractivity contribution in [2.24, 2.45) is 0 Å². The van der Waals surface area contributed by atoms with Crippen LogP contribution in [0, 0.1) is 0 Å². The number of nitrogens with zero attached hydrogens (tertiary/aromatic N) is 2. The summed E-state index contributed by atoms with van der Waals surface area (Å²) < 4.78 is 0. The maximum Gasteiger partial charge on any atom is 0.337 e. The Balaban J connectivity index is 1.75. The zero-order valence-corrected chi connectivity index (χ0v) is 10.4. The number of carboxylic acids is 1. The largest absolute Gasteiger partial charge is 0.478 e. The highest BCUT2D eigenvalue weighted by Crippen LogP contribution is 2.00. The van der Waals surface area contributed by atoms with Crippen LogP contribution in [-0.4, -0.2) is 27.6 Å². The van der Waals surface area contributed by atoms with Gasteiger partial charge in [-0.3, -0.25) is 9.97 Å². The molecule has 0 aliphatic carbocycles. The van der Waals surface area contributed by atoms with Gasteiger partial charge in [0.05, 0.1) is 11.3 Å². The molecule has 2 aromatic rings. The van der Waals surface area contributed by atoms with Crippen LogP contribution in [0.1, 0.15) is 21.6 Å². The van der Waals surface area contributed by atoms with Crippen molar-refractivity contribution in [3.05, 3.63) is 59.7 Å². The van der Waals surface area contributed by atoms with Crippen molar-refractivity contribution in [3.8, 4) is 0 Å². The molecular formula is C14H15N3O2. The topological polar surface area (TPSA) is 75.1 Å². The third kappa shape index (κ3) is 4.15. The number of nitrogens with one attached hydrogen (secondary N) is 1. The summed E-state index contributed by atoms with van der Waals surface area (Å²) in [6, 6.07) is 7.27. The lowest BCUT2D eigenvalue weighted by molar-refractivity contribution is 0.0696. The quantitative estimate of drug-likeness (QED) is 0.767. The van der Waals surface area contributed by atoms with Gasteiger partial charge in [0.1, 0.15) is 0 Å². The smallest absolute Gasteiger partial charge is 0.337 e. The summed E-state index contributed by atoms with van der Waals surface area (Å²) in [5.74, 6) is -0.954. The Labute approximate surface area is 111 Å². The van der Waals surface area contributed by atoms with Gasteiger partial charge in [0.25, 0.3) is 0 Å². The number of hydrogen-bond donors (Lipinski definition) is 2. The highest BCUT2D eigenvalue weighted by molar-refractivity contribution is 5.87. The minimum atomic E-state index is -0.954. The molecule has 0 saturated heterocycles. The predicted octanol–water partition coefficient (Wildman–Crippen LogP) is 1.51. The SMILES string of the molecule is O=C(O)c1ccc(CNCCc2ccncc2)nc1. The molecule has 0 aromatic carbocycles.